The fourth-order valence-electron chi connectivity index (χ4n) is 2.38. The number of pyridine rings is 1. The third-order valence-electron chi connectivity index (χ3n) is 3.45. The Balaban J connectivity index is 2.13. The molecule has 2 atom stereocenters. The van der Waals surface area contributed by atoms with Crippen molar-refractivity contribution in [2.45, 2.75) is 31.5 Å². The van der Waals surface area contributed by atoms with E-state index in [1.54, 1.807) is 0 Å². The summed E-state index contributed by atoms with van der Waals surface area (Å²) in [5.74, 6) is 0.611. The first-order chi connectivity index (χ1) is 8.91. The average Bonchev–Trinajstić information content (AvgIpc) is 2.77. The maximum absolute atomic E-state index is 12.5. The minimum atomic E-state index is -4.43. The lowest BCUT2D eigenvalue weighted by atomic mass is 10.0. The van der Waals surface area contributed by atoms with Gasteiger partial charge in [0.1, 0.15) is 5.82 Å². The first-order valence-corrected chi connectivity index (χ1v) is 6.49. The number of nitrogens with zero attached hydrogens (tertiary/aromatic N) is 1. The van der Waals surface area contributed by atoms with Gasteiger partial charge in [0.2, 0.25) is 0 Å². The molecule has 1 aliphatic rings. The van der Waals surface area contributed by atoms with Crippen LogP contribution < -0.4 is 11.1 Å². The summed E-state index contributed by atoms with van der Waals surface area (Å²) in [6.07, 6.45) is -0.631. The van der Waals surface area contributed by atoms with E-state index < -0.39 is 11.7 Å². The summed E-state index contributed by atoms with van der Waals surface area (Å²) in [4.78, 5) is 3.77. The molecule has 0 saturated heterocycles. The highest BCUT2D eigenvalue weighted by Gasteiger charge is 2.32. The SMILES string of the molecule is NCC1CCCC1Nc1ncc(C(F)(F)F)cc1Cl. The minimum absolute atomic E-state index is 0.0162. The van der Waals surface area contributed by atoms with Gasteiger partial charge in [0.25, 0.3) is 0 Å². The Hall–Kier alpha value is -1.01. The molecule has 1 aliphatic carbocycles. The highest BCUT2D eigenvalue weighted by atomic mass is 35.5. The van der Waals surface area contributed by atoms with Crippen LogP contribution in [0.5, 0.6) is 0 Å². The number of hydrogen-bond acceptors (Lipinski definition) is 3. The van der Waals surface area contributed by atoms with Gasteiger partial charge < -0.3 is 11.1 Å². The molecule has 3 N–H and O–H groups in total. The third kappa shape index (κ3) is 3.30. The van der Waals surface area contributed by atoms with Gasteiger partial charge in [0.15, 0.2) is 0 Å². The molecule has 0 radical (unpaired) electrons. The topological polar surface area (TPSA) is 50.9 Å². The number of alkyl halides is 3. The van der Waals surface area contributed by atoms with Gasteiger partial charge in [-0.25, -0.2) is 4.98 Å². The van der Waals surface area contributed by atoms with Crippen LogP contribution in [0.25, 0.3) is 0 Å². The van der Waals surface area contributed by atoms with E-state index in [-0.39, 0.29) is 11.1 Å². The Bertz CT molecular complexity index is 450. The molecule has 106 valence electrons. The van der Waals surface area contributed by atoms with Crippen molar-refractivity contribution in [1.29, 1.82) is 0 Å². The van der Waals surface area contributed by atoms with Crippen LogP contribution in [0.1, 0.15) is 24.8 Å². The zero-order valence-corrected chi connectivity index (χ0v) is 10.9. The molecule has 1 heterocycles. The second-order valence-electron chi connectivity index (χ2n) is 4.73. The maximum atomic E-state index is 12.5. The van der Waals surface area contributed by atoms with Crippen molar-refractivity contribution in [3.05, 3.63) is 22.8 Å². The number of hydrogen-bond donors (Lipinski definition) is 2. The van der Waals surface area contributed by atoms with Crippen molar-refractivity contribution in [3.8, 4) is 0 Å². The van der Waals surface area contributed by atoms with Gasteiger partial charge in [0, 0.05) is 12.2 Å². The number of nitrogens with two attached hydrogens (primary N) is 1. The number of anilines is 1. The molecule has 1 aromatic rings. The van der Waals surface area contributed by atoms with E-state index in [9.17, 15) is 13.2 Å². The van der Waals surface area contributed by atoms with Crippen LogP contribution in [-0.4, -0.2) is 17.6 Å². The number of aromatic nitrogens is 1. The zero-order valence-electron chi connectivity index (χ0n) is 10.2. The molecule has 3 nitrogen and oxygen atoms in total. The lowest BCUT2D eigenvalue weighted by molar-refractivity contribution is -0.137. The van der Waals surface area contributed by atoms with Crippen LogP contribution in [0.3, 0.4) is 0 Å². The highest BCUT2D eigenvalue weighted by Crippen LogP contribution is 2.34. The monoisotopic (exact) mass is 293 g/mol. The van der Waals surface area contributed by atoms with Gasteiger partial charge in [-0.05, 0) is 31.4 Å². The fourth-order valence-corrected chi connectivity index (χ4v) is 2.60. The van der Waals surface area contributed by atoms with Gasteiger partial charge in [0.05, 0.1) is 10.6 Å². The van der Waals surface area contributed by atoms with E-state index >= 15 is 0 Å². The minimum Gasteiger partial charge on any atom is -0.366 e. The van der Waals surface area contributed by atoms with Gasteiger partial charge >= 0.3 is 6.18 Å². The molecule has 2 unspecified atom stereocenters. The average molecular weight is 294 g/mol. The van der Waals surface area contributed by atoms with E-state index in [1.165, 1.54) is 0 Å². The smallest absolute Gasteiger partial charge is 0.366 e. The Labute approximate surface area is 114 Å². The Morgan fingerprint density at radius 1 is 1.42 bits per heavy atom. The van der Waals surface area contributed by atoms with E-state index in [1.807, 2.05) is 0 Å². The van der Waals surface area contributed by atoms with Gasteiger partial charge in [-0.1, -0.05) is 18.0 Å². The second kappa shape index (κ2) is 5.54. The Morgan fingerprint density at radius 2 is 2.16 bits per heavy atom. The quantitative estimate of drug-likeness (QED) is 0.899. The van der Waals surface area contributed by atoms with E-state index in [2.05, 4.69) is 10.3 Å². The molecular formula is C12H15ClF3N3. The highest BCUT2D eigenvalue weighted by molar-refractivity contribution is 6.33. The predicted molar refractivity (Wildman–Crippen MR) is 68.1 cm³/mol. The summed E-state index contributed by atoms with van der Waals surface area (Å²) >= 11 is 5.85. The van der Waals surface area contributed by atoms with Crippen molar-refractivity contribution < 1.29 is 13.2 Å². The molecule has 1 saturated carbocycles. The fraction of sp³-hybridized carbons (Fsp3) is 0.583. The zero-order chi connectivity index (χ0) is 14.0. The first kappa shape index (κ1) is 14.4. The number of halogens is 4. The van der Waals surface area contributed by atoms with E-state index in [0.717, 1.165) is 31.5 Å². The Morgan fingerprint density at radius 3 is 2.74 bits per heavy atom. The van der Waals surface area contributed by atoms with Crippen LogP contribution in [0, 0.1) is 5.92 Å². The molecule has 0 aliphatic heterocycles. The van der Waals surface area contributed by atoms with Crippen LogP contribution in [-0.2, 0) is 6.18 Å². The summed E-state index contributed by atoms with van der Waals surface area (Å²) < 4.78 is 37.5. The van der Waals surface area contributed by atoms with Crippen molar-refractivity contribution in [1.82, 2.24) is 4.98 Å². The molecule has 0 bridgehead atoms. The van der Waals surface area contributed by atoms with Crippen LogP contribution in [0.15, 0.2) is 12.3 Å². The normalized spacial score (nSPS) is 23.6. The molecule has 19 heavy (non-hydrogen) atoms. The first-order valence-electron chi connectivity index (χ1n) is 6.11. The summed E-state index contributed by atoms with van der Waals surface area (Å²) in [5.41, 5.74) is 4.81. The van der Waals surface area contributed by atoms with Crippen LogP contribution in [0.2, 0.25) is 5.02 Å². The lowest BCUT2D eigenvalue weighted by Gasteiger charge is -2.21. The van der Waals surface area contributed by atoms with Gasteiger partial charge in [-0.15, -0.1) is 0 Å². The third-order valence-corrected chi connectivity index (χ3v) is 3.74. The summed E-state index contributed by atoms with van der Waals surface area (Å²) in [6, 6.07) is 1.02. The van der Waals surface area contributed by atoms with E-state index in [0.29, 0.717) is 18.3 Å². The standard InChI is InChI=1S/C12H15ClF3N3/c13-9-4-8(12(14,15)16)6-18-11(9)19-10-3-1-2-7(10)5-17/h4,6-7,10H,1-3,5,17H2,(H,18,19). The van der Waals surface area contributed by atoms with Crippen molar-refractivity contribution in [3.63, 3.8) is 0 Å². The molecule has 0 spiro atoms. The van der Waals surface area contributed by atoms with Gasteiger partial charge in [-0.3, -0.25) is 0 Å². The number of nitrogens with one attached hydrogen (secondary N) is 1. The van der Waals surface area contributed by atoms with Gasteiger partial charge in [-0.2, -0.15) is 13.2 Å². The van der Waals surface area contributed by atoms with Crippen molar-refractivity contribution in [2.24, 2.45) is 11.7 Å². The lowest BCUT2D eigenvalue weighted by Crippen LogP contribution is -2.30. The van der Waals surface area contributed by atoms with E-state index in [4.69, 9.17) is 17.3 Å². The number of rotatable bonds is 3. The largest absolute Gasteiger partial charge is 0.417 e. The predicted octanol–water partition coefficient (Wildman–Crippen LogP) is 3.29. The molecule has 2 rings (SSSR count). The van der Waals surface area contributed by atoms with Crippen LogP contribution in [0.4, 0.5) is 19.0 Å². The summed E-state index contributed by atoms with van der Waals surface area (Å²) in [5, 5.41) is 3.08. The van der Waals surface area contributed by atoms with Crippen LogP contribution >= 0.6 is 11.6 Å². The molecule has 7 heteroatoms. The summed E-state index contributed by atoms with van der Waals surface area (Å²) in [7, 11) is 0. The molecule has 1 aromatic heterocycles. The molecule has 0 aromatic carbocycles. The second-order valence-corrected chi connectivity index (χ2v) is 5.14. The molecule has 0 amide bonds. The molecule has 1 fully saturated rings. The maximum Gasteiger partial charge on any atom is 0.417 e. The van der Waals surface area contributed by atoms with Crippen molar-refractivity contribution in [2.75, 3.05) is 11.9 Å². The Kier molecular flexibility index (Phi) is 4.20. The molecular weight excluding hydrogens is 279 g/mol. The summed E-state index contributed by atoms with van der Waals surface area (Å²) in [6.45, 7) is 0.552. The van der Waals surface area contributed by atoms with Crippen molar-refractivity contribution >= 4 is 17.4 Å².